The van der Waals surface area contributed by atoms with E-state index < -0.39 is 5.97 Å². The Bertz CT molecular complexity index is 217. The second-order valence-corrected chi connectivity index (χ2v) is 4.24. The van der Waals surface area contributed by atoms with Crippen molar-refractivity contribution in [3.63, 3.8) is 0 Å². The van der Waals surface area contributed by atoms with Gasteiger partial charge in [-0.15, -0.1) is 0 Å². The van der Waals surface area contributed by atoms with Gasteiger partial charge in [-0.3, -0.25) is 0 Å². The Morgan fingerprint density at radius 3 is 2.64 bits per heavy atom. The van der Waals surface area contributed by atoms with Crippen molar-refractivity contribution in [3.8, 4) is 0 Å². The quantitative estimate of drug-likeness (QED) is 0.677. The Labute approximate surface area is 85.2 Å². The largest absolute Gasteiger partial charge is 0.478 e. The Hall–Kier alpha value is -0.830. The van der Waals surface area contributed by atoms with E-state index in [2.05, 4.69) is 12.2 Å². The smallest absolute Gasteiger partial charge is 0.328 e. The Morgan fingerprint density at radius 2 is 2.07 bits per heavy atom. The number of carboxylic acid groups (broad SMARTS) is 1. The van der Waals surface area contributed by atoms with E-state index in [4.69, 9.17) is 5.11 Å². The third kappa shape index (κ3) is 3.92. The molecule has 2 N–H and O–H groups in total. The lowest BCUT2D eigenvalue weighted by Crippen LogP contribution is -2.43. The van der Waals surface area contributed by atoms with Crippen LogP contribution in [0.3, 0.4) is 0 Å². The number of aliphatic carboxylic acids is 1. The maximum Gasteiger partial charge on any atom is 0.328 e. The second-order valence-electron chi connectivity index (χ2n) is 4.24. The minimum Gasteiger partial charge on any atom is -0.478 e. The summed E-state index contributed by atoms with van der Waals surface area (Å²) in [6, 6.07) is 0. The van der Waals surface area contributed by atoms with Gasteiger partial charge in [0.2, 0.25) is 0 Å². The summed E-state index contributed by atoms with van der Waals surface area (Å²) in [4.78, 5) is 10.2. The van der Waals surface area contributed by atoms with Gasteiger partial charge in [0.1, 0.15) is 0 Å². The highest BCUT2D eigenvalue weighted by atomic mass is 16.4. The molecule has 1 aliphatic carbocycles. The van der Waals surface area contributed by atoms with Crippen molar-refractivity contribution in [1.29, 1.82) is 0 Å². The number of hydrogen-bond donors (Lipinski definition) is 2. The van der Waals surface area contributed by atoms with Crippen LogP contribution in [0.2, 0.25) is 0 Å². The zero-order valence-corrected chi connectivity index (χ0v) is 8.75. The molecule has 0 bridgehead atoms. The zero-order valence-electron chi connectivity index (χ0n) is 8.75. The molecule has 0 saturated heterocycles. The van der Waals surface area contributed by atoms with Gasteiger partial charge < -0.3 is 10.4 Å². The van der Waals surface area contributed by atoms with E-state index in [-0.39, 0.29) is 5.54 Å². The average molecular weight is 197 g/mol. The van der Waals surface area contributed by atoms with Crippen molar-refractivity contribution in [2.45, 2.75) is 44.6 Å². The van der Waals surface area contributed by atoms with E-state index in [0.29, 0.717) is 6.54 Å². The normalized spacial score (nSPS) is 21.2. The van der Waals surface area contributed by atoms with Crippen LogP contribution in [0.4, 0.5) is 0 Å². The predicted octanol–water partition coefficient (Wildman–Crippen LogP) is 1.94. The van der Waals surface area contributed by atoms with E-state index in [1.54, 1.807) is 6.08 Å². The first-order valence-electron chi connectivity index (χ1n) is 5.27. The lowest BCUT2D eigenvalue weighted by atomic mass is 9.83. The van der Waals surface area contributed by atoms with Gasteiger partial charge in [0.05, 0.1) is 0 Å². The molecule has 0 atom stereocenters. The van der Waals surface area contributed by atoms with Gasteiger partial charge in [-0.05, 0) is 19.8 Å². The van der Waals surface area contributed by atoms with Crippen LogP contribution in [0, 0.1) is 0 Å². The fourth-order valence-corrected chi connectivity index (χ4v) is 1.97. The third-order valence-electron chi connectivity index (χ3n) is 2.86. The van der Waals surface area contributed by atoms with Gasteiger partial charge in [-0.1, -0.05) is 25.3 Å². The van der Waals surface area contributed by atoms with Crippen LogP contribution >= 0.6 is 0 Å². The molecule has 0 unspecified atom stereocenters. The van der Waals surface area contributed by atoms with E-state index in [1.807, 2.05) is 0 Å². The summed E-state index contributed by atoms with van der Waals surface area (Å²) in [5.41, 5.74) is 0.223. The molecule has 0 aromatic rings. The van der Waals surface area contributed by atoms with Crippen LogP contribution in [0.25, 0.3) is 0 Å². The first-order chi connectivity index (χ1) is 6.62. The van der Waals surface area contributed by atoms with Crippen LogP contribution in [-0.4, -0.2) is 23.2 Å². The molecule has 0 radical (unpaired) electrons. The highest BCUT2D eigenvalue weighted by Gasteiger charge is 2.24. The number of carboxylic acids is 1. The lowest BCUT2D eigenvalue weighted by molar-refractivity contribution is -0.131. The van der Waals surface area contributed by atoms with E-state index in [1.165, 1.54) is 38.2 Å². The lowest BCUT2D eigenvalue weighted by Gasteiger charge is -2.34. The molecule has 3 heteroatoms. The molecule has 1 rings (SSSR count). The highest BCUT2D eigenvalue weighted by Crippen LogP contribution is 2.27. The fourth-order valence-electron chi connectivity index (χ4n) is 1.97. The fraction of sp³-hybridized carbons (Fsp3) is 0.727. The maximum absolute atomic E-state index is 10.2. The van der Waals surface area contributed by atoms with Gasteiger partial charge in [-0.25, -0.2) is 4.79 Å². The first-order valence-corrected chi connectivity index (χ1v) is 5.27. The summed E-state index contributed by atoms with van der Waals surface area (Å²) in [7, 11) is 0. The number of nitrogens with one attached hydrogen (secondary N) is 1. The summed E-state index contributed by atoms with van der Waals surface area (Å²) in [6.07, 6.45) is 9.17. The summed E-state index contributed by atoms with van der Waals surface area (Å²) >= 11 is 0. The van der Waals surface area contributed by atoms with Gasteiger partial charge in [-0.2, -0.15) is 0 Å². The molecule has 80 valence electrons. The highest BCUT2D eigenvalue weighted by molar-refractivity contribution is 5.79. The van der Waals surface area contributed by atoms with Crippen molar-refractivity contribution in [1.82, 2.24) is 5.32 Å². The van der Waals surface area contributed by atoms with Crippen molar-refractivity contribution in [3.05, 3.63) is 12.2 Å². The standard InChI is InChI=1S/C11H19NO2/c1-11(7-3-2-4-8-11)12-9-5-6-10(13)14/h5-6,12H,2-4,7-9H2,1H3,(H,13,14)/b6-5+. The van der Waals surface area contributed by atoms with Gasteiger partial charge in [0.25, 0.3) is 0 Å². The molecule has 0 aromatic carbocycles. The molecule has 0 aliphatic heterocycles. The van der Waals surface area contributed by atoms with E-state index in [0.717, 1.165) is 0 Å². The third-order valence-corrected chi connectivity index (χ3v) is 2.86. The zero-order chi connectivity index (χ0) is 10.4. The minimum absolute atomic E-state index is 0.223. The maximum atomic E-state index is 10.2. The molecule has 1 fully saturated rings. The molecule has 0 amide bonds. The molecular weight excluding hydrogens is 178 g/mol. The summed E-state index contributed by atoms with van der Waals surface area (Å²) in [5.74, 6) is -0.874. The van der Waals surface area contributed by atoms with E-state index >= 15 is 0 Å². The van der Waals surface area contributed by atoms with Crippen molar-refractivity contribution in [2.24, 2.45) is 0 Å². The number of hydrogen-bond acceptors (Lipinski definition) is 2. The van der Waals surface area contributed by atoms with Gasteiger partial charge in [0, 0.05) is 18.2 Å². The van der Waals surface area contributed by atoms with Crippen molar-refractivity contribution in [2.75, 3.05) is 6.54 Å². The molecule has 1 aliphatic rings. The Morgan fingerprint density at radius 1 is 1.43 bits per heavy atom. The van der Waals surface area contributed by atoms with Gasteiger partial charge >= 0.3 is 5.97 Å². The van der Waals surface area contributed by atoms with Crippen LogP contribution in [0.1, 0.15) is 39.0 Å². The Balaban J connectivity index is 2.25. The van der Waals surface area contributed by atoms with Gasteiger partial charge in [0.15, 0.2) is 0 Å². The van der Waals surface area contributed by atoms with Crippen LogP contribution < -0.4 is 5.32 Å². The molecule has 14 heavy (non-hydrogen) atoms. The monoisotopic (exact) mass is 197 g/mol. The summed E-state index contributed by atoms with van der Waals surface area (Å²) in [6.45, 7) is 2.88. The van der Waals surface area contributed by atoms with Crippen LogP contribution in [0.5, 0.6) is 0 Å². The molecule has 0 aromatic heterocycles. The van der Waals surface area contributed by atoms with Crippen LogP contribution in [-0.2, 0) is 4.79 Å². The molecule has 0 heterocycles. The van der Waals surface area contributed by atoms with Crippen molar-refractivity contribution >= 4 is 5.97 Å². The van der Waals surface area contributed by atoms with Crippen molar-refractivity contribution < 1.29 is 9.90 Å². The predicted molar refractivity (Wildman–Crippen MR) is 56.3 cm³/mol. The topological polar surface area (TPSA) is 49.3 Å². The Kier molecular flexibility index (Phi) is 4.14. The second kappa shape index (κ2) is 5.15. The number of carbonyl (C=O) groups is 1. The number of rotatable bonds is 4. The average Bonchev–Trinajstić information content (AvgIpc) is 2.14. The first kappa shape index (κ1) is 11.2. The molecule has 1 saturated carbocycles. The summed E-state index contributed by atoms with van der Waals surface area (Å²) in [5, 5.41) is 11.8. The molecule has 0 spiro atoms. The summed E-state index contributed by atoms with van der Waals surface area (Å²) < 4.78 is 0. The molecule has 3 nitrogen and oxygen atoms in total. The van der Waals surface area contributed by atoms with E-state index in [9.17, 15) is 4.79 Å². The van der Waals surface area contributed by atoms with Crippen LogP contribution in [0.15, 0.2) is 12.2 Å². The SMILES string of the molecule is CC1(NC/C=C/C(=O)O)CCCCC1. The minimum atomic E-state index is -0.874. The molecular formula is C11H19NO2.